The Hall–Kier alpha value is -1.88. The molecule has 5 nitrogen and oxygen atoms in total. The monoisotopic (exact) mass is 290 g/mol. The Morgan fingerprint density at radius 3 is 2.75 bits per heavy atom. The maximum atomic E-state index is 12.3. The standard InChI is InChI=1S/C14H15ClN4O/c1-9-13(16-17-18(9)2)14(20)19-7-11(8-19)10-4-3-5-12(15)6-10/h3-6,11H,7-8H2,1-2H3. The first-order chi connectivity index (χ1) is 9.56. The summed E-state index contributed by atoms with van der Waals surface area (Å²) in [6.07, 6.45) is 0. The number of aromatic nitrogens is 3. The Labute approximate surface area is 122 Å². The normalized spacial score (nSPS) is 15.2. The number of benzene rings is 1. The van der Waals surface area contributed by atoms with E-state index in [1.54, 1.807) is 16.6 Å². The van der Waals surface area contributed by atoms with Gasteiger partial charge in [0.15, 0.2) is 5.69 Å². The van der Waals surface area contributed by atoms with E-state index in [1.165, 1.54) is 5.56 Å². The molecule has 1 aromatic carbocycles. The van der Waals surface area contributed by atoms with Crippen LogP contribution in [0.2, 0.25) is 5.02 Å². The van der Waals surface area contributed by atoms with Crippen LogP contribution < -0.4 is 0 Å². The van der Waals surface area contributed by atoms with Gasteiger partial charge in [-0.25, -0.2) is 0 Å². The van der Waals surface area contributed by atoms with Gasteiger partial charge in [0.1, 0.15) is 0 Å². The van der Waals surface area contributed by atoms with Crippen molar-refractivity contribution < 1.29 is 4.79 Å². The van der Waals surface area contributed by atoms with Gasteiger partial charge in [0.25, 0.3) is 5.91 Å². The lowest BCUT2D eigenvalue weighted by atomic mass is 9.91. The molecule has 6 heteroatoms. The zero-order chi connectivity index (χ0) is 14.3. The number of halogens is 1. The molecule has 0 aliphatic carbocycles. The zero-order valence-corrected chi connectivity index (χ0v) is 12.1. The van der Waals surface area contributed by atoms with Crippen LogP contribution in [-0.4, -0.2) is 38.9 Å². The molecule has 1 amide bonds. The quantitative estimate of drug-likeness (QED) is 0.850. The molecule has 1 aliphatic heterocycles. The van der Waals surface area contributed by atoms with Crippen LogP contribution in [0.25, 0.3) is 0 Å². The van der Waals surface area contributed by atoms with E-state index in [0.29, 0.717) is 24.7 Å². The molecule has 1 saturated heterocycles. The lowest BCUT2D eigenvalue weighted by Crippen LogP contribution is -2.48. The van der Waals surface area contributed by atoms with Crippen LogP contribution in [0.4, 0.5) is 0 Å². The molecule has 0 N–H and O–H groups in total. The minimum atomic E-state index is -0.0473. The summed E-state index contributed by atoms with van der Waals surface area (Å²) in [5.41, 5.74) is 2.41. The summed E-state index contributed by atoms with van der Waals surface area (Å²) in [4.78, 5) is 14.1. The Balaban J connectivity index is 1.69. The predicted octanol–water partition coefficient (Wildman–Crippen LogP) is 2.02. The van der Waals surface area contributed by atoms with Crippen molar-refractivity contribution in [2.24, 2.45) is 7.05 Å². The smallest absolute Gasteiger partial charge is 0.276 e. The van der Waals surface area contributed by atoms with Crippen LogP contribution in [-0.2, 0) is 7.05 Å². The molecule has 1 fully saturated rings. The Morgan fingerprint density at radius 1 is 1.40 bits per heavy atom. The van der Waals surface area contributed by atoms with Crippen molar-refractivity contribution in [1.29, 1.82) is 0 Å². The Kier molecular flexibility index (Phi) is 3.22. The highest BCUT2D eigenvalue weighted by Crippen LogP contribution is 2.29. The maximum Gasteiger partial charge on any atom is 0.276 e. The van der Waals surface area contributed by atoms with Gasteiger partial charge < -0.3 is 4.90 Å². The highest BCUT2D eigenvalue weighted by molar-refractivity contribution is 6.30. The van der Waals surface area contributed by atoms with Crippen LogP contribution in [0.3, 0.4) is 0 Å². The van der Waals surface area contributed by atoms with Gasteiger partial charge in [-0.15, -0.1) is 5.10 Å². The minimum Gasteiger partial charge on any atom is -0.336 e. The predicted molar refractivity (Wildman–Crippen MR) is 75.8 cm³/mol. The molecule has 0 bridgehead atoms. The van der Waals surface area contributed by atoms with Gasteiger partial charge in [-0.1, -0.05) is 28.9 Å². The van der Waals surface area contributed by atoms with Gasteiger partial charge in [0.05, 0.1) is 5.69 Å². The SMILES string of the molecule is Cc1c(C(=O)N2CC(c3cccc(Cl)c3)C2)nnn1C. The molecule has 0 spiro atoms. The third-order valence-corrected chi connectivity index (χ3v) is 4.03. The molecule has 1 aromatic heterocycles. The summed E-state index contributed by atoms with van der Waals surface area (Å²) in [7, 11) is 1.78. The van der Waals surface area contributed by atoms with Gasteiger partial charge in [0, 0.05) is 31.1 Å². The van der Waals surface area contributed by atoms with E-state index in [4.69, 9.17) is 11.6 Å². The highest BCUT2D eigenvalue weighted by Gasteiger charge is 2.34. The number of carbonyl (C=O) groups is 1. The number of likely N-dealkylation sites (tertiary alicyclic amines) is 1. The van der Waals surface area contributed by atoms with Gasteiger partial charge >= 0.3 is 0 Å². The number of aryl methyl sites for hydroxylation is 1. The lowest BCUT2D eigenvalue weighted by Gasteiger charge is -2.39. The topological polar surface area (TPSA) is 51.0 Å². The summed E-state index contributed by atoms with van der Waals surface area (Å²) >= 11 is 5.99. The molecule has 2 aromatic rings. The van der Waals surface area contributed by atoms with Crippen LogP contribution >= 0.6 is 11.6 Å². The second-order valence-electron chi connectivity index (χ2n) is 5.11. The molecule has 1 aliphatic rings. The molecule has 104 valence electrons. The van der Waals surface area contributed by atoms with Gasteiger partial charge in [0.2, 0.25) is 0 Å². The van der Waals surface area contributed by atoms with Crippen molar-refractivity contribution in [3.8, 4) is 0 Å². The number of carbonyl (C=O) groups excluding carboxylic acids is 1. The van der Waals surface area contributed by atoms with Crippen molar-refractivity contribution in [1.82, 2.24) is 19.9 Å². The molecule has 0 atom stereocenters. The van der Waals surface area contributed by atoms with Gasteiger partial charge in [-0.3, -0.25) is 9.48 Å². The summed E-state index contributed by atoms with van der Waals surface area (Å²) < 4.78 is 1.61. The van der Waals surface area contributed by atoms with Crippen molar-refractivity contribution in [3.63, 3.8) is 0 Å². The summed E-state index contributed by atoms with van der Waals surface area (Å²) in [5, 5.41) is 8.53. The number of rotatable bonds is 2. The molecule has 0 unspecified atom stereocenters. The van der Waals surface area contributed by atoms with E-state index >= 15 is 0 Å². The van der Waals surface area contributed by atoms with Crippen molar-refractivity contribution in [3.05, 3.63) is 46.2 Å². The van der Waals surface area contributed by atoms with Crippen LogP contribution in [0.15, 0.2) is 24.3 Å². The van der Waals surface area contributed by atoms with E-state index in [9.17, 15) is 4.79 Å². The van der Waals surface area contributed by atoms with E-state index in [2.05, 4.69) is 10.3 Å². The first-order valence-electron chi connectivity index (χ1n) is 6.47. The summed E-state index contributed by atoms with van der Waals surface area (Å²) in [5.74, 6) is 0.309. The lowest BCUT2D eigenvalue weighted by molar-refractivity contribution is 0.0595. The first-order valence-corrected chi connectivity index (χ1v) is 6.85. The second-order valence-corrected chi connectivity index (χ2v) is 5.55. The van der Waals surface area contributed by atoms with Crippen LogP contribution in [0.1, 0.15) is 27.7 Å². The molecule has 20 heavy (non-hydrogen) atoms. The number of hydrogen-bond donors (Lipinski definition) is 0. The van der Waals surface area contributed by atoms with Crippen LogP contribution in [0.5, 0.6) is 0 Å². The van der Waals surface area contributed by atoms with E-state index in [0.717, 1.165) is 10.7 Å². The fourth-order valence-corrected chi connectivity index (χ4v) is 2.57. The number of nitrogens with zero attached hydrogens (tertiary/aromatic N) is 4. The molecular formula is C14H15ClN4O. The molecule has 0 radical (unpaired) electrons. The van der Waals surface area contributed by atoms with Crippen LogP contribution in [0, 0.1) is 6.92 Å². The van der Waals surface area contributed by atoms with E-state index in [-0.39, 0.29) is 5.91 Å². The average molecular weight is 291 g/mol. The molecular weight excluding hydrogens is 276 g/mol. The number of amides is 1. The molecule has 0 saturated carbocycles. The molecule has 3 rings (SSSR count). The summed E-state index contributed by atoms with van der Waals surface area (Å²) in [6.45, 7) is 3.26. The second kappa shape index (κ2) is 4.90. The van der Waals surface area contributed by atoms with Gasteiger partial charge in [-0.2, -0.15) is 0 Å². The molecule has 2 heterocycles. The maximum absolute atomic E-state index is 12.3. The van der Waals surface area contributed by atoms with Crippen molar-refractivity contribution in [2.45, 2.75) is 12.8 Å². The first kappa shape index (κ1) is 13.1. The summed E-state index contributed by atoms with van der Waals surface area (Å²) in [6, 6.07) is 7.80. The van der Waals surface area contributed by atoms with Crippen molar-refractivity contribution in [2.75, 3.05) is 13.1 Å². The number of hydrogen-bond acceptors (Lipinski definition) is 3. The largest absolute Gasteiger partial charge is 0.336 e. The Bertz CT molecular complexity index is 661. The minimum absolute atomic E-state index is 0.0473. The third kappa shape index (κ3) is 2.18. The fraction of sp³-hybridized carbons (Fsp3) is 0.357. The fourth-order valence-electron chi connectivity index (χ4n) is 2.37. The van der Waals surface area contributed by atoms with E-state index in [1.807, 2.05) is 31.2 Å². The average Bonchev–Trinajstić information content (AvgIpc) is 2.68. The Morgan fingerprint density at radius 2 is 2.15 bits per heavy atom. The van der Waals surface area contributed by atoms with Gasteiger partial charge in [-0.05, 0) is 24.6 Å². The van der Waals surface area contributed by atoms with Crippen molar-refractivity contribution >= 4 is 17.5 Å². The highest BCUT2D eigenvalue weighted by atomic mass is 35.5. The zero-order valence-electron chi connectivity index (χ0n) is 11.4. The third-order valence-electron chi connectivity index (χ3n) is 3.80. The van der Waals surface area contributed by atoms with E-state index < -0.39 is 0 Å².